The first-order valence-corrected chi connectivity index (χ1v) is 4.16. The maximum atomic E-state index is 10.3. The highest BCUT2D eigenvalue weighted by molar-refractivity contribution is 7.23. The normalized spacial score (nSPS) is 14.1. The van der Waals surface area contributed by atoms with Gasteiger partial charge in [0.15, 0.2) is 0 Å². The van der Waals surface area contributed by atoms with E-state index < -0.39 is 14.3 Å². The molecule has 1 rings (SSSR count). The monoisotopic (exact) mass is 156 g/mol. The summed E-state index contributed by atoms with van der Waals surface area (Å²) in [6.07, 6.45) is 0. The molecular weight excluding hydrogens is 147 g/mol. The molecule has 1 aromatic carbocycles. The number of rotatable bonds is 2. The molecule has 1 aromatic rings. The van der Waals surface area contributed by atoms with Gasteiger partial charge in [-0.1, -0.05) is 30.3 Å². The summed E-state index contributed by atoms with van der Waals surface area (Å²) in [6.45, 7) is 0. The van der Waals surface area contributed by atoms with E-state index in [0.29, 0.717) is 0 Å². The average Bonchev–Trinajstić information content (AvgIpc) is 2.05. The Morgan fingerprint density at radius 3 is 2.40 bits per heavy atom. The summed E-state index contributed by atoms with van der Waals surface area (Å²) in [4.78, 5) is 0. The van der Waals surface area contributed by atoms with Crippen molar-refractivity contribution in [2.75, 3.05) is 0 Å². The van der Waals surface area contributed by atoms with E-state index >= 15 is 0 Å². The van der Waals surface area contributed by atoms with E-state index in [1.165, 1.54) is 0 Å². The minimum Gasteiger partial charge on any atom is -0.381 e. The van der Waals surface area contributed by atoms with Crippen LogP contribution >= 0.6 is 8.46 Å². The quantitative estimate of drug-likeness (QED) is 0.657. The van der Waals surface area contributed by atoms with Crippen molar-refractivity contribution < 1.29 is 9.67 Å². The number of benzene rings is 1. The minimum absolute atomic E-state index is 0.729. The summed E-state index contributed by atoms with van der Waals surface area (Å²) in [6, 6.07) is 9.00. The Balaban J connectivity index is 2.84. The van der Waals surface area contributed by atoms with Gasteiger partial charge >= 0.3 is 0 Å². The van der Waals surface area contributed by atoms with Crippen molar-refractivity contribution in [3.05, 3.63) is 35.9 Å². The van der Waals surface area contributed by atoms with Crippen molar-refractivity contribution in [1.82, 2.24) is 0 Å². The lowest BCUT2D eigenvalue weighted by atomic mass is 10.2. The second kappa shape index (κ2) is 3.55. The van der Waals surface area contributed by atoms with Crippen LogP contribution in [-0.2, 0) is 4.57 Å². The van der Waals surface area contributed by atoms with Gasteiger partial charge in [-0.15, -0.1) is 0 Å². The molecule has 0 spiro atoms. The predicted octanol–water partition coefficient (Wildman–Crippen LogP) is 1.43. The molecule has 2 unspecified atom stereocenters. The molecule has 0 amide bonds. The third kappa shape index (κ3) is 1.69. The van der Waals surface area contributed by atoms with Crippen LogP contribution in [0.5, 0.6) is 0 Å². The van der Waals surface area contributed by atoms with Gasteiger partial charge in [0, 0.05) is 0 Å². The molecule has 0 aliphatic heterocycles. The fourth-order valence-electron chi connectivity index (χ4n) is 0.729. The molecule has 54 valence electrons. The van der Waals surface area contributed by atoms with E-state index in [2.05, 4.69) is 0 Å². The second-order valence-corrected chi connectivity index (χ2v) is 2.90. The molecular formula is C7H9O2P. The predicted molar refractivity (Wildman–Crippen MR) is 41.8 cm³/mol. The Bertz CT molecular complexity index is 210. The van der Waals surface area contributed by atoms with Crippen LogP contribution in [0.25, 0.3) is 0 Å². The Labute approximate surface area is 60.7 Å². The van der Waals surface area contributed by atoms with Gasteiger partial charge in [0.2, 0.25) is 0 Å². The zero-order valence-corrected chi connectivity index (χ0v) is 6.55. The molecule has 1 N–H and O–H groups in total. The average molecular weight is 156 g/mol. The summed E-state index contributed by atoms with van der Waals surface area (Å²) < 4.78 is 10.3. The molecule has 0 radical (unpaired) electrons. The molecule has 2 atom stereocenters. The van der Waals surface area contributed by atoms with Crippen LogP contribution in [0, 0.1) is 0 Å². The zero-order chi connectivity index (χ0) is 7.40. The number of hydrogen-bond donors (Lipinski definition) is 1. The minimum atomic E-state index is -1.12. The summed E-state index contributed by atoms with van der Waals surface area (Å²) in [5, 5.41) is 9.05. The molecule has 3 heteroatoms. The van der Waals surface area contributed by atoms with Gasteiger partial charge in [0.05, 0.1) is 8.46 Å². The van der Waals surface area contributed by atoms with Crippen molar-refractivity contribution >= 4 is 8.46 Å². The van der Waals surface area contributed by atoms with Gasteiger partial charge in [0.1, 0.15) is 5.85 Å². The second-order valence-electron chi connectivity index (χ2n) is 1.99. The van der Waals surface area contributed by atoms with Gasteiger partial charge < -0.3 is 9.67 Å². The molecule has 0 heterocycles. The molecule has 0 saturated heterocycles. The lowest BCUT2D eigenvalue weighted by Gasteiger charge is -2.00. The highest BCUT2D eigenvalue weighted by Crippen LogP contribution is 2.22. The van der Waals surface area contributed by atoms with Crippen LogP contribution in [0.4, 0.5) is 0 Å². The first kappa shape index (κ1) is 7.52. The number of aliphatic hydroxyl groups excluding tert-OH is 1. The molecule has 10 heavy (non-hydrogen) atoms. The van der Waals surface area contributed by atoms with Gasteiger partial charge in [-0.3, -0.25) is 0 Å². The molecule has 0 aromatic heterocycles. The molecule has 0 saturated carbocycles. The summed E-state index contributed by atoms with van der Waals surface area (Å²) >= 11 is 0. The Hall–Kier alpha value is -0.590. The lowest BCUT2D eigenvalue weighted by molar-refractivity contribution is 0.262. The first-order chi connectivity index (χ1) is 4.84. The first-order valence-electron chi connectivity index (χ1n) is 3.03. The highest BCUT2D eigenvalue weighted by atomic mass is 31.1. The summed E-state index contributed by atoms with van der Waals surface area (Å²) in [7, 11) is -1.12. The third-order valence-corrected chi connectivity index (χ3v) is 1.91. The highest BCUT2D eigenvalue weighted by Gasteiger charge is 2.00. The standard InChI is InChI=1S/C7H9O2P/c8-7(10-9)6-4-2-1-3-5-6/h1-5,7-8H,10H2. The van der Waals surface area contributed by atoms with Gasteiger partial charge in [-0.2, -0.15) is 0 Å². The number of aliphatic hydroxyl groups is 1. The van der Waals surface area contributed by atoms with Crippen molar-refractivity contribution in [3.8, 4) is 0 Å². The van der Waals surface area contributed by atoms with Crippen LogP contribution in [-0.4, -0.2) is 5.11 Å². The van der Waals surface area contributed by atoms with E-state index in [4.69, 9.17) is 5.11 Å². The van der Waals surface area contributed by atoms with Crippen molar-refractivity contribution in [1.29, 1.82) is 0 Å². The van der Waals surface area contributed by atoms with Crippen molar-refractivity contribution in [2.45, 2.75) is 5.85 Å². The van der Waals surface area contributed by atoms with Crippen LogP contribution in [0.1, 0.15) is 11.4 Å². The zero-order valence-electron chi connectivity index (χ0n) is 5.40. The topological polar surface area (TPSA) is 37.3 Å². The lowest BCUT2D eigenvalue weighted by Crippen LogP contribution is -1.85. The number of hydrogen-bond acceptors (Lipinski definition) is 2. The smallest absolute Gasteiger partial charge is 0.127 e. The molecule has 0 bridgehead atoms. The van der Waals surface area contributed by atoms with Crippen LogP contribution in [0.2, 0.25) is 0 Å². The van der Waals surface area contributed by atoms with E-state index in [1.807, 2.05) is 18.2 Å². The van der Waals surface area contributed by atoms with Gasteiger partial charge in [-0.25, -0.2) is 0 Å². The fourth-order valence-corrected chi connectivity index (χ4v) is 1.11. The summed E-state index contributed by atoms with van der Waals surface area (Å²) in [5.74, 6) is -0.763. The fraction of sp³-hybridized carbons (Fsp3) is 0.143. The van der Waals surface area contributed by atoms with Crippen LogP contribution < -0.4 is 0 Å². The Kier molecular flexibility index (Phi) is 2.67. The summed E-state index contributed by atoms with van der Waals surface area (Å²) in [5.41, 5.74) is 0.729. The van der Waals surface area contributed by atoms with E-state index in [0.717, 1.165) is 5.56 Å². The van der Waals surface area contributed by atoms with Gasteiger partial charge in [-0.05, 0) is 5.56 Å². The van der Waals surface area contributed by atoms with Crippen LogP contribution in [0.15, 0.2) is 30.3 Å². The van der Waals surface area contributed by atoms with Gasteiger partial charge in [0.25, 0.3) is 0 Å². The maximum absolute atomic E-state index is 10.3. The Morgan fingerprint density at radius 1 is 1.30 bits per heavy atom. The third-order valence-electron chi connectivity index (χ3n) is 1.27. The molecule has 0 aliphatic rings. The van der Waals surface area contributed by atoms with Crippen molar-refractivity contribution in [3.63, 3.8) is 0 Å². The molecule has 0 fully saturated rings. The largest absolute Gasteiger partial charge is 0.381 e. The molecule has 2 nitrogen and oxygen atoms in total. The Morgan fingerprint density at radius 2 is 1.90 bits per heavy atom. The molecule has 0 aliphatic carbocycles. The van der Waals surface area contributed by atoms with E-state index in [9.17, 15) is 4.57 Å². The van der Waals surface area contributed by atoms with E-state index in [-0.39, 0.29) is 0 Å². The van der Waals surface area contributed by atoms with Crippen molar-refractivity contribution in [2.24, 2.45) is 0 Å². The van der Waals surface area contributed by atoms with Crippen LogP contribution in [0.3, 0.4) is 0 Å². The maximum Gasteiger partial charge on any atom is 0.127 e. The SMILES string of the molecule is O=[PH2]C(O)c1ccccc1. The van der Waals surface area contributed by atoms with E-state index in [1.54, 1.807) is 12.1 Å².